The number of para-hydroxylation sites is 1. The summed E-state index contributed by atoms with van der Waals surface area (Å²) in [4.78, 5) is 0.280. The van der Waals surface area contributed by atoms with Gasteiger partial charge in [-0.2, -0.15) is 5.10 Å². The van der Waals surface area contributed by atoms with Gasteiger partial charge in [-0.1, -0.05) is 31.5 Å². The Hall–Kier alpha value is -1.66. The molecular formula is C15H21N3O2S. The maximum Gasteiger partial charge on any atom is 0.244 e. The van der Waals surface area contributed by atoms with Crippen LogP contribution < -0.4 is 4.72 Å². The topological polar surface area (TPSA) is 64.0 Å². The molecule has 0 fully saturated rings. The van der Waals surface area contributed by atoms with Crippen LogP contribution in [-0.2, 0) is 10.0 Å². The fraction of sp³-hybridized carbons (Fsp3) is 0.400. The minimum Gasteiger partial charge on any atom is -0.236 e. The molecule has 1 heterocycles. The lowest BCUT2D eigenvalue weighted by molar-refractivity contribution is 0.577. The van der Waals surface area contributed by atoms with Gasteiger partial charge in [0.25, 0.3) is 0 Å². The first-order valence-electron chi connectivity index (χ1n) is 7.08. The summed E-state index contributed by atoms with van der Waals surface area (Å²) in [5, 5.41) is 4.37. The van der Waals surface area contributed by atoms with Crippen molar-refractivity contribution in [1.82, 2.24) is 14.5 Å². The Labute approximate surface area is 126 Å². The Morgan fingerprint density at radius 2 is 1.86 bits per heavy atom. The number of rotatable bonds is 6. The van der Waals surface area contributed by atoms with Crippen LogP contribution in [0.15, 0.2) is 35.2 Å². The summed E-state index contributed by atoms with van der Waals surface area (Å²) in [6.45, 7) is 5.98. The molecule has 1 aromatic carbocycles. The van der Waals surface area contributed by atoms with Gasteiger partial charge in [0.05, 0.1) is 17.1 Å². The second-order valence-corrected chi connectivity index (χ2v) is 6.70. The van der Waals surface area contributed by atoms with E-state index >= 15 is 0 Å². The van der Waals surface area contributed by atoms with Crippen LogP contribution in [-0.4, -0.2) is 24.7 Å². The van der Waals surface area contributed by atoms with E-state index in [0.717, 1.165) is 18.5 Å². The fourth-order valence-corrected chi connectivity index (χ4v) is 3.76. The maximum absolute atomic E-state index is 12.4. The molecule has 2 aromatic rings. The SMILES string of the molecule is CCCCNS(=O)(=O)c1c(C)nn(-c2ccccc2)c1C. The lowest BCUT2D eigenvalue weighted by Gasteiger charge is -2.07. The molecule has 114 valence electrons. The minimum absolute atomic E-state index is 0.280. The predicted octanol–water partition coefficient (Wildman–Crippen LogP) is 2.57. The molecule has 0 aliphatic rings. The number of unbranched alkanes of at least 4 members (excludes halogenated alkanes) is 1. The summed E-state index contributed by atoms with van der Waals surface area (Å²) in [6, 6.07) is 9.53. The average molecular weight is 307 g/mol. The molecule has 0 atom stereocenters. The standard InChI is InChI=1S/C15H21N3O2S/c1-4-5-11-16-21(19,20)15-12(2)17-18(13(15)3)14-9-7-6-8-10-14/h6-10,16H,4-5,11H2,1-3H3. The highest BCUT2D eigenvalue weighted by atomic mass is 32.2. The highest BCUT2D eigenvalue weighted by molar-refractivity contribution is 7.89. The number of aromatic nitrogens is 2. The van der Waals surface area contributed by atoms with Gasteiger partial charge in [-0.15, -0.1) is 0 Å². The number of benzene rings is 1. The van der Waals surface area contributed by atoms with E-state index in [2.05, 4.69) is 9.82 Å². The first-order valence-corrected chi connectivity index (χ1v) is 8.57. The van der Waals surface area contributed by atoms with E-state index in [1.165, 1.54) is 0 Å². The van der Waals surface area contributed by atoms with E-state index in [4.69, 9.17) is 0 Å². The number of aryl methyl sites for hydroxylation is 1. The van der Waals surface area contributed by atoms with Crippen LogP contribution in [0.4, 0.5) is 0 Å². The predicted molar refractivity (Wildman–Crippen MR) is 83.1 cm³/mol. The minimum atomic E-state index is -3.51. The van der Waals surface area contributed by atoms with Crippen LogP contribution in [0.3, 0.4) is 0 Å². The highest BCUT2D eigenvalue weighted by Crippen LogP contribution is 2.22. The highest BCUT2D eigenvalue weighted by Gasteiger charge is 2.24. The van der Waals surface area contributed by atoms with Crippen molar-refractivity contribution in [3.05, 3.63) is 41.7 Å². The summed E-state index contributed by atoms with van der Waals surface area (Å²) in [6.07, 6.45) is 1.77. The molecule has 21 heavy (non-hydrogen) atoms. The van der Waals surface area contributed by atoms with Crippen molar-refractivity contribution in [3.63, 3.8) is 0 Å². The number of sulfonamides is 1. The zero-order valence-electron chi connectivity index (χ0n) is 12.6. The Balaban J connectivity index is 2.40. The molecule has 0 aliphatic carbocycles. The van der Waals surface area contributed by atoms with E-state index < -0.39 is 10.0 Å². The third-order valence-electron chi connectivity index (χ3n) is 3.32. The van der Waals surface area contributed by atoms with E-state index in [-0.39, 0.29) is 4.90 Å². The molecule has 0 amide bonds. The van der Waals surface area contributed by atoms with Gasteiger partial charge in [0, 0.05) is 6.54 Å². The maximum atomic E-state index is 12.4. The first-order chi connectivity index (χ1) is 9.97. The Morgan fingerprint density at radius 3 is 2.48 bits per heavy atom. The molecule has 0 bridgehead atoms. The zero-order valence-corrected chi connectivity index (χ0v) is 13.4. The van der Waals surface area contributed by atoms with E-state index in [1.807, 2.05) is 37.3 Å². The lowest BCUT2D eigenvalue weighted by Crippen LogP contribution is -2.25. The molecule has 6 heteroatoms. The second-order valence-electron chi connectivity index (χ2n) is 5.00. The first kappa shape index (κ1) is 15.7. The van der Waals surface area contributed by atoms with Gasteiger partial charge < -0.3 is 0 Å². The number of nitrogens with one attached hydrogen (secondary N) is 1. The van der Waals surface area contributed by atoms with Crippen molar-refractivity contribution in [2.24, 2.45) is 0 Å². The molecule has 1 N–H and O–H groups in total. The molecule has 2 rings (SSSR count). The van der Waals surface area contributed by atoms with Gasteiger partial charge in [-0.05, 0) is 32.4 Å². The van der Waals surface area contributed by atoms with Crippen molar-refractivity contribution in [2.45, 2.75) is 38.5 Å². The Morgan fingerprint density at radius 1 is 1.19 bits per heavy atom. The molecule has 0 saturated heterocycles. The summed E-state index contributed by atoms with van der Waals surface area (Å²) >= 11 is 0. The Bertz CT molecular complexity index is 706. The quantitative estimate of drug-likeness (QED) is 0.834. The smallest absolute Gasteiger partial charge is 0.236 e. The third kappa shape index (κ3) is 3.33. The van der Waals surface area contributed by atoms with Crippen molar-refractivity contribution in [1.29, 1.82) is 0 Å². The molecule has 5 nitrogen and oxygen atoms in total. The molecule has 0 saturated carbocycles. The van der Waals surface area contributed by atoms with Gasteiger partial charge in [0.1, 0.15) is 4.90 Å². The summed E-state index contributed by atoms with van der Waals surface area (Å²) in [7, 11) is -3.51. The largest absolute Gasteiger partial charge is 0.244 e. The summed E-state index contributed by atoms with van der Waals surface area (Å²) in [5.74, 6) is 0. The van der Waals surface area contributed by atoms with E-state index in [9.17, 15) is 8.42 Å². The van der Waals surface area contributed by atoms with Crippen molar-refractivity contribution in [2.75, 3.05) is 6.54 Å². The fourth-order valence-electron chi connectivity index (χ4n) is 2.29. The molecule has 0 spiro atoms. The number of hydrogen-bond acceptors (Lipinski definition) is 3. The van der Waals surface area contributed by atoms with Crippen LogP contribution in [0.1, 0.15) is 31.2 Å². The normalized spacial score (nSPS) is 11.8. The van der Waals surface area contributed by atoms with E-state index in [1.54, 1.807) is 18.5 Å². The van der Waals surface area contributed by atoms with Crippen molar-refractivity contribution < 1.29 is 8.42 Å². The summed E-state index contributed by atoms with van der Waals surface area (Å²) < 4.78 is 29.2. The van der Waals surface area contributed by atoms with Gasteiger partial charge in [0.15, 0.2) is 0 Å². The average Bonchev–Trinajstić information content (AvgIpc) is 2.75. The monoisotopic (exact) mass is 307 g/mol. The lowest BCUT2D eigenvalue weighted by atomic mass is 10.3. The third-order valence-corrected chi connectivity index (χ3v) is 5.03. The number of hydrogen-bond donors (Lipinski definition) is 1. The van der Waals surface area contributed by atoms with Crippen LogP contribution in [0, 0.1) is 13.8 Å². The second kappa shape index (κ2) is 6.41. The molecule has 0 aliphatic heterocycles. The molecule has 1 aromatic heterocycles. The van der Waals surface area contributed by atoms with Crippen LogP contribution in [0.25, 0.3) is 5.69 Å². The van der Waals surface area contributed by atoms with Gasteiger partial charge in [-0.3, -0.25) is 0 Å². The van der Waals surface area contributed by atoms with Gasteiger partial charge in [-0.25, -0.2) is 17.8 Å². The molecular weight excluding hydrogens is 286 g/mol. The van der Waals surface area contributed by atoms with Crippen LogP contribution in [0.2, 0.25) is 0 Å². The van der Waals surface area contributed by atoms with Crippen molar-refractivity contribution in [3.8, 4) is 5.69 Å². The molecule has 0 unspecified atom stereocenters. The van der Waals surface area contributed by atoms with E-state index in [0.29, 0.717) is 17.9 Å². The zero-order chi connectivity index (χ0) is 15.5. The van der Waals surface area contributed by atoms with Crippen molar-refractivity contribution >= 4 is 10.0 Å². The van der Waals surface area contributed by atoms with Gasteiger partial charge >= 0.3 is 0 Å². The van der Waals surface area contributed by atoms with Gasteiger partial charge in [0.2, 0.25) is 10.0 Å². The number of nitrogens with zero attached hydrogens (tertiary/aromatic N) is 2. The van der Waals surface area contributed by atoms with Crippen LogP contribution >= 0.6 is 0 Å². The molecule has 0 radical (unpaired) electrons. The summed E-state index contributed by atoms with van der Waals surface area (Å²) in [5.41, 5.74) is 2.00. The van der Waals surface area contributed by atoms with Crippen LogP contribution in [0.5, 0.6) is 0 Å². The Kier molecular flexibility index (Phi) is 4.80.